The SMILES string of the molecule is CCN(CC(N)=S)C(C)C(=O)NCCC(C)C. The molecule has 0 spiro atoms. The van der Waals surface area contributed by atoms with Gasteiger partial charge in [-0.3, -0.25) is 9.69 Å². The zero-order chi connectivity index (χ0) is 13.4. The molecule has 100 valence electrons. The number of likely N-dealkylation sites (N-methyl/N-ethyl adjacent to an activating group) is 1. The summed E-state index contributed by atoms with van der Waals surface area (Å²) in [6.45, 7) is 10.1. The summed E-state index contributed by atoms with van der Waals surface area (Å²) < 4.78 is 0. The Labute approximate surface area is 110 Å². The van der Waals surface area contributed by atoms with E-state index in [1.807, 2.05) is 18.7 Å². The van der Waals surface area contributed by atoms with Gasteiger partial charge in [-0.15, -0.1) is 0 Å². The molecule has 3 N–H and O–H groups in total. The molecule has 0 aliphatic carbocycles. The van der Waals surface area contributed by atoms with Crippen molar-refractivity contribution in [2.45, 2.75) is 40.2 Å². The first-order valence-corrected chi connectivity index (χ1v) is 6.59. The Morgan fingerprint density at radius 3 is 2.41 bits per heavy atom. The number of rotatable bonds is 8. The van der Waals surface area contributed by atoms with E-state index < -0.39 is 0 Å². The van der Waals surface area contributed by atoms with E-state index in [1.165, 1.54) is 0 Å². The maximum absolute atomic E-state index is 11.9. The monoisotopic (exact) mass is 259 g/mol. The van der Waals surface area contributed by atoms with Crippen molar-refractivity contribution in [1.29, 1.82) is 0 Å². The van der Waals surface area contributed by atoms with Crippen LogP contribution in [-0.2, 0) is 4.79 Å². The number of carbonyl (C=O) groups is 1. The molecule has 0 saturated heterocycles. The van der Waals surface area contributed by atoms with Crippen LogP contribution in [0.3, 0.4) is 0 Å². The Hall–Kier alpha value is -0.680. The lowest BCUT2D eigenvalue weighted by atomic mass is 10.1. The average Bonchev–Trinajstić information content (AvgIpc) is 2.23. The van der Waals surface area contributed by atoms with Gasteiger partial charge >= 0.3 is 0 Å². The average molecular weight is 259 g/mol. The van der Waals surface area contributed by atoms with Crippen LogP contribution in [0.4, 0.5) is 0 Å². The van der Waals surface area contributed by atoms with E-state index >= 15 is 0 Å². The number of nitrogens with one attached hydrogen (secondary N) is 1. The molecule has 0 heterocycles. The molecule has 0 fully saturated rings. The van der Waals surface area contributed by atoms with Gasteiger partial charge in [0, 0.05) is 13.1 Å². The fraction of sp³-hybridized carbons (Fsp3) is 0.833. The van der Waals surface area contributed by atoms with Gasteiger partial charge < -0.3 is 11.1 Å². The lowest BCUT2D eigenvalue weighted by molar-refractivity contribution is -0.125. The Morgan fingerprint density at radius 2 is 2.00 bits per heavy atom. The summed E-state index contributed by atoms with van der Waals surface area (Å²) in [7, 11) is 0. The van der Waals surface area contributed by atoms with Crippen LogP contribution >= 0.6 is 12.2 Å². The second-order valence-electron chi connectivity index (χ2n) is 4.68. The smallest absolute Gasteiger partial charge is 0.237 e. The van der Waals surface area contributed by atoms with E-state index in [0.717, 1.165) is 19.5 Å². The largest absolute Gasteiger partial charge is 0.392 e. The molecule has 5 heteroatoms. The summed E-state index contributed by atoms with van der Waals surface area (Å²) in [5.74, 6) is 0.647. The predicted octanol–water partition coefficient (Wildman–Crippen LogP) is 1.15. The van der Waals surface area contributed by atoms with Gasteiger partial charge in [-0.1, -0.05) is 33.0 Å². The molecule has 17 heavy (non-hydrogen) atoms. The van der Waals surface area contributed by atoms with E-state index in [4.69, 9.17) is 18.0 Å². The molecule has 0 radical (unpaired) electrons. The molecule has 0 aliphatic rings. The topological polar surface area (TPSA) is 58.4 Å². The molecular weight excluding hydrogens is 234 g/mol. The van der Waals surface area contributed by atoms with Crippen molar-refractivity contribution >= 4 is 23.1 Å². The van der Waals surface area contributed by atoms with Gasteiger partial charge in [0.2, 0.25) is 5.91 Å². The van der Waals surface area contributed by atoms with Crippen molar-refractivity contribution in [1.82, 2.24) is 10.2 Å². The lowest BCUT2D eigenvalue weighted by Crippen LogP contribution is -2.48. The molecule has 1 unspecified atom stereocenters. The minimum absolute atomic E-state index is 0.0451. The highest BCUT2D eigenvalue weighted by atomic mass is 32.1. The standard InChI is InChI=1S/C12H25N3OS/c1-5-15(8-11(13)17)10(4)12(16)14-7-6-9(2)3/h9-10H,5-8H2,1-4H3,(H2,13,17)(H,14,16). The zero-order valence-corrected chi connectivity index (χ0v) is 12.1. The van der Waals surface area contributed by atoms with Crippen molar-refractivity contribution in [2.75, 3.05) is 19.6 Å². The Balaban J connectivity index is 4.12. The molecule has 0 aromatic heterocycles. The molecule has 0 rings (SSSR count). The number of amides is 1. The number of nitrogens with zero attached hydrogens (tertiary/aromatic N) is 1. The van der Waals surface area contributed by atoms with Gasteiger partial charge in [-0.05, 0) is 25.8 Å². The number of hydrogen-bond donors (Lipinski definition) is 2. The molecular formula is C12H25N3OS. The summed E-state index contributed by atoms with van der Waals surface area (Å²) in [6, 6.07) is -0.186. The van der Waals surface area contributed by atoms with Gasteiger partial charge in [-0.2, -0.15) is 0 Å². The quantitative estimate of drug-likeness (QED) is 0.642. The summed E-state index contributed by atoms with van der Waals surface area (Å²) in [6.07, 6.45) is 1.000. The molecule has 1 amide bonds. The van der Waals surface area contributed by atoms with E-state index in [2.05, 4.69) is 19.2 Å². The molecule has 0 saturated carbocycles. The lowest BCUT2D eigenvalue weighted by Gasteiger charge is -2.26. The van der Waals surface area contributed by atoms with Crippen LogP contribution in [0.2, 0.25) is 0 Å². The van der Waals surface area contributed by atoms with E-state index in [0.29, 0.717) is 17.5 Å². The van der Waals surface area contributed by atoms with Crippen LogP contribution in [0.15, 0.2) is 0 Å². The third-order valence-electron chi connectivity index (χ3n) is 2.71. The van der Waals surface area contributed by atoms with Crippen molar-refractivity contribution in [2.24, 2.45) is 11.7 Å². The summed E-state index contributed by atoms with van der Waals surface area (Å²) in [5, 5.41) is 2.94. The number of thiocarbonyl (C=S) groups is 1. The number of hydrogen-bond acceptors (Lipinski definition) is 3. The maximum atomic E-state index is 11.9. The van der Waals surface area contributed by atoms with Gasteiger partial charge in [0.25, 0.3) is 0 Å². The molecule has 4 nitrogen and oxygen atoms in total. The second kappa shape index (κ2) is 8.42. The molecule has 0 bridgehead atoms. The summed E-state index contributed by atoms with van der Waals surface area (Å²) in [5.41, 5.74) is 5.50. The fourth-order valence-corrected chi connectivity index (χ4v) is 1.69. The van der Waals surface area contributed by atoms with E-state index in [1.54, 1.807) is 0 Å². The van der Waals surface area contributed by atoms with Crippen LogP contribution in [0.5, 0.6) is 0 Å². The second-order valence-corrected chi connectivity index (χ2v) is 5.20. The highest BCUT2D eigenvalue weighted by Crippen LogP contribution is 2.00. The third-order valence-corrected chi connectivity index (χ3v) is 2.84. The fourth-order valence-electron chi connectivity index (χ4n) is 1.52. The van der Waals surface area contributed by atoms with Crippen molar-refractivity contribution < 1.29 is 4.79 Å². The zero-order valence-electron chi connectivity index (χ0n) is 11.3. The predicted molar refractivity (Wildman–Crippen MR) is 76.0 cm³/mol. The first-order chi connectivity index (χ1) is 7.88. The summed E-state index contributed by atoms with van der Waals surface area (Å²) in [4.78, 5) is 14.3. The molecule has 0 aromatic carbocycles. The highest BCUT2D eigenvalue weighted by molar-refractivity contribution is 7.80. The normalized spacial score (nSPS) is 12.8. The highest BCUT2D eigenvalue weighted by Gasteiger charge is 2.19. The number of carbonyl (C=O) groups excluding carboxylic acids is 1. The van der Waals surface area contributed by atoms with Crippen molar-refractivity contribution in [3.05, 3.63) is 0 Å². The minimum Gasteiger partial charge on any atom is -0.392 e. The summed E-state index contributed by atoms with van der Waals surface area (Å²) >= 11 is 4.87. The van der Waals surface area contributed by atoms with Crippen molar-refractivity contribution in [3.63, 3.8) is 0 Å². The molecule has 1 atom stereocenters. The van der Waals surface area contributed by atoms with Gasteiger partial charge in [0.05, 0.1) is 11.0 Å². The van der Waals surface area contributed by atoms with Gasteiger partial charge in [0.15, 0.2) is 0 Å². The first kappa shape index (κ1) is 16.3. The Morgan fingerprint density at radius 1 is 1.41 bits per heavy atom. The maximum Gasteiger partial charge on any atom is 0.237 e. The molecule has 0 aliphatic heterocycles. The van der Waals surface area contributed by atoms with E-state index in [9.17, 15) is 4.79 Å². The Kier molecular flexibility index (Phi) is 8.08. The Bertz CT molecular complexity index is 256. The van der Waals surface area contributed by atoms with Crippen LogP contribution in [0, 0.1) is 5.92 Å². The van der Waals surface area contributed by atoms with Crippen LogP contribution in [-0.4, -0.2) is 41.5 Å². The van der Waals surface area contributed by atoms with Crippen LogP contribution in [0.1, 0.15) is 34.1 Å². The minimum atomic E-state index is -0.186. The third kappa shape index (κ3) is 7.28. The van der Waals surface area contributed by atoms with Crippen LogP contribution in [0.25, 0.3) is 0 Å². The van der Waals surface area contributed by atoms with Gasteiger partial charge in [0.1, 0.15) is 0 Å². The molecule has 0 aromatic rings. The first-order valence-electron chi connectivity index (χ1n) is 6.18. The van der Waals surface area contributed by atoms with E-state index in [-0.39, 0.29) is 11.9 Å². The van der Waals surface area contributed by atoms with Crippen LogP contribution < -0.4 is 11.1 Å². The van der Waals surface area contributed by atoms with Gasteiger partial charge in [-0.25, -0.2) is 0 Å². The number of nitrogens with two attached hydrogens (primary N) is 1. The van der Waals surface area contributed by atoms with Crippen molar-refractivity contribution in [3.8, 4) is 0 Å².